The van der Waals surface area contributed by atoms with Gasteiger partial charge in [0.1, 0.15) is 18.2 Å². The Labute approximate surface area is 228 Å². The van der Waals surface area contributed by atoms with Crippen LogP contribution in [-0.2, 0) is 11.4 Å². The molecule has 1 amide bonds. The van der Waals surface area contributed by atoms with Gasteiger partial charge < -0.3 is 14.8 Å². The number of nitro benzene ring substituents is 1. The van der Waals surface area contributed by atoms with Crippen molar-refractivity contribution < 1.29 is 19.2 Å². The van der Waals surface area contributed by atoms with Gasteiger partial charge in [0.05, 0.1) is 21.7 Å². The molecule has 8 nitrogen and oxygen atoms in total. The minimum absolute atomic E-state index is 0.136. The first-order chi connectivity index (χ1) is 17.2. The molecule has 0 heterocycles. The highest BCUT2D eigenvalue weighted by molar-refractivity contribution is 9.11. The van der Waals surface area contributed by atoms with Crippen molar-refractivity contribution in [2.75, 3.05) is 11.9 Å². The summed E-state index contributed by atoms with van der Waals surface area (Å²) in [4.78, 5) is 23.1. The zero-order chi connectivity index (χ0) is 26.2. The molecule has 0 aromatic heterocycles. The van der Waals surface area contributed by atoms with Crippen LogP contribution in [0.2, 0.25) is 5.02 Å². The fourth-order valence-corrected chi connectivity index (χ4v) is 4.20. The number of carbonyl (C=O) groups excluding carboxylic acids is 1. The maximum absolute atomic E-state index is 12.7. The number of hydrogen-bond donors (Lipinski definition) is 1. The lowest BCUT2D eigenvalue weighted by atomic mass is 10.1. The van der Waals surface area contributed by atoms with Crippen molar-refractivity contribution >= 4 is 66.8 Å². The Morgan fingerprint density at radius 1 is 1.14 bits per heavy atom. The van der Waals surface area contributed by atoms with Gasteiger partial charge in [-0.25, -0.2) is 0 Å². The lowest BCUT2D eigenvalue weighted by Crippen LogP contribution is -2.14. The summed E-state index contributed by atoms with van der Waals surface area (Å²) in [5.41, 5.74) is 1.41. The summed E-state index contributed by atoms with van der Waals surface area (Å²) in [6, 6.07) is 16.4. The Bertz CT molecular complexity index is 1370. The van der Waals surface area contributed by atoms with E-state index in [4.69, 9.17) is 21.1 Å². The van der Waals surface area contributed by atoms with Crippen LogP contribution in [0, 0.1) is 21.4 Å². The lowest BCUT2D eigenvalue weighted by molar-refractivity contribution is -0.384. The predicted octanol–water partition coefficient (Wildman–Crippen LogP) is 7.30. The molecule has 0 atom stereocenters. The summed E-state index contributed by atoms with van der Waals surface area (Å²) >= 11 is 12.6. The summed E-state index contributed by atoms with van der Waals surface area (Å²) in [5.74, 6) is 0.230. The molecule has 0 saturated heterocycles. The molecule has 0 radical (unpaired) electrons. The van der Waals surface area contributed by atoms with E-state index in [1.807, 2.05) is 25.1 Å². The summed E-state index contributed by atoms with van der Waals surface area (Å²) in [6.45, 7) is 2.48. The second-order valence-electron chi connectivity index (χ2n) is 7.22. The van der Waals surface area contributed by atoms with Crippen molar-refractivity contribution in [3.05, 3.63) is 95.4 Å². The molecule has 3 aromatic carbocycles. The van der Waals surface area contributed by atoms with Crippen LogP contribution in [0.3, 0.4) is 0 Å². The monoisotopic (exact) mass is 633 g/mol. The van der Waals surface area contributed by atoms with Gasteiger partial charge in [-0.2, -0.15) is 5.26 Å². The van der Waals surface area contributed by atoms with Crippen LogP contribution in [0.1, 0.15) is 18.1 Å². The topological polar surface area (TPSA) is 114 Å². The number of nitrogens with one attached hydrogen (secondary N) is 1. The SMILES string of the molecule is CCOc1cc(/C=C(/C#N)C(=O)Nc2ccc([N+](=O)[O-])cc2Br)cc(Br)c1OCc1ccc(Cl)cc1. The number of anilines is 1. The van der Waals surface area contributed by atoms with Gasteiger partial charge in [0.2, 0.25) is 0 Å². The van der Waals surface area contributed by atoms with Crippen LogP contribution < -0.4 is 14.8 Å². The van der Waals surface area contributed by atoms with Gasteiger partial charge >= 0.3 is 0 Å². The fourth-order valence-electron chi connectivity index (χ4n) is 3.03. The molecule has 1 N–H and O–H groups in total. The molecule has 0 fully saturated rings. The second-order valence-corrected chi connectivity index (χ2v) is 9.37. The van der Waals surface area contributed by atoms with E-state index >= 15 is 0 Å². The normalized spacial score (nSPS) is 10.9. The van der Waals surface area contributed by atoms with Crippen molar-refractivity contribution in [3.8, 4) is 17.6 Å². The van der Waals surface area contributed by atoms with E-state index in [-0.39, 0.29) is 23.6 Å². The summed E-state index contributed by atoms with van der Waals surface area (Å²) < 4.78 is 12.6. The molecule has 0 aliphatic carbocycles. The van der Waals surface area contributed by atoms with Gasteiger partial charge in [0.15, 0.2) is 11.5 Å². The van der Waals surface area contributed by atoms with Crippen LogP contribution >= 0.6 is 43.5 Å². The highest BCUT2D eigenvalue weighted by atomic mass is 79.9. The molecule has 0 bridgehead atoms. The molecule has 0 unspecified atom stereocenters. The zero-order valence-electron chi connectivity index (χ0n) is 18.8. The molecule has 184 valence electrons. The number of rotatable bonds is 9. The zero-order valence-corrected chi connectivity index (χ0v) is 22.7. The van der Waals surface area contributed by atoms with Crippen molar-refractivity contribution in [1.82, 2.24) is 0 Å². The quantitative estimate of drug-likeness (QED) is 0.114. The fraction of sp³-hybridized carbons (Fsp3) is 0.120. The molecule has 0 aliphatic heterocycles. The highest BCUT2D eigenvalue weighted by Gasteiger charge is 2.16. The number of non-ortho nitro benzene ring substituents is 1. The van der Waals surface area contributed by atoms with E-state index in [2.05, 4.69) is 37.2 Å². The Balaban J connectivity index is 1.84. The van der Waals surface area contributed by atoms with Gasteiger partial charge in [-0.05, 0) is 86.3 Å². The Morgan fingerprint density at radius 2 is 1.86 bits per heavy atom. The molecule has 11 heteroatoms. The van der Waals surface area contributed by atoms with Crippen molar-refractivity contribution in [1.29, 1.82) is 5.26 Å². The third-order valence-corrected chi connectivity index (χ3v) is 6.21. The molecular formula is C25H18Br2ClN3O5. The maximum atomic E-state index is 12.7. The smallest absolute Gasteiger partial charge is 0.270 e. The summed E-state index contributed by atoms with van der Waals surface area (Å²) in [5, 5.41) is 23.7. The number of halogens is 3. The summed E-state index contributed by atoms with van der Waals surface area (Å²) in [7, 11) is 0. The van der Waals surface area contributed by atoms with E-state index in [1.165, 1.54) is 24.3 Å². The number of benzene rings is 3. The van der Waals surface area contributed by atoms with Gasteiger partial charge in [-0.3, -0.25) is 14.9 Å². The third kappa shape index (κ3) is 7.07. The molecule has 0 aliphatic rings. The van der Waals surface area contributed by atoms with Gasteiger partial charge in [-0.1, -0.05) is 23.7 Å². The first kappa shape index (κ1) is 27.2. The Hall–Kier alpha value is -3.39. The molecule has 36 heavy (non-hydrogen) atoms. The van der Waals surface area contributed by atoms with Crippen LogP contribution in [0.25, 0.3) is 6.08 Å². The van der Waals surface area contributed by atoms with E-state index < -0.39 is 10.8 Å². The van der Waals surface area contributed by atoms with E-state index in [0.717, 1.165) is 5.56 Å². The first-order valence-corrected chi connectivity index (χ1v) is 12.4. The number of amides is 1. The third-order valence-electron chi connectivity index (χ3n) is 4.72. The first-order valence-electron chi connectivity index (χ1n) is 10.4. The van der Waals surface area contributed by atoms with Crippen molar-refractivity contribution in [2.45, 2.75) is 13.5 Å². The van der Waals surface area contributed by atoms with Crippen LogP contribution in [0.5, 0.6) is 11.5 Å². The van der Waals surface area contributed by atoms with Crippen molar-refractivity contribution in [2.24, 2.45) is 0 Å². The number of nitriles is 1. The van der Waals surface area contributed by atoms with E-state index in [0.29, 0.717) is 37.6 Å². The number of hydrogen-bond acceptors (Lipinski definition) is 6. The largest absolute Gasteiger partial charge is 0.490 e. The summed E-state index contributed by atoms with van der Waals surface area (Å²) in [6.07, 6.45) is 1.41. The minimum Gasteiger partial charge on any atom is -0.490 e. The molecular weight excluding hydrogens is 618 g/mol. The van der Waals surface area contributed by atoms with Gasteiger partial charge in [-0.15, -0.1) is 0 Å². The maximum Gasteiger partial charge on any atom is 0.270 e. The lowest BCUT2D eigenvalue weighted by Gasteiger charge is -2.15. The number of ether oxygens (including phenoxy) is 2. The van der Waals surface area contributed by atoms with E-state index in [1.54, 1.807) is 24.3 Å². The Morgan fingerprint density at radius 3 is 2.47 bits per heavy atom. The predicted molar refractivity (Wildman–Crippen MR) is 144 cm³/mol. The van der Waals surface area contributed by atoms with Crippen molar-refractivity contribution in [3.63, 3.8) is 0 Å². The minimum atomic E-state index is -0.677. The molecule has 0 spiro atoms. The standard InChI is InChI=1S/C25H18Br2ClN3O5/c1-2-35-23-11-16(10-21(27)24(23)36-14-15-3-5-18(28)6-4-15)9-17(13-29)25(32)30-22-8-7-19(31(33)34)12-20(22)26/h3-12H,2,14H2,1H3,(H,30,32)/b17-9-. The van der Waals surface area contributed by atoms with Gasteiger partial charge in [0.25, 0.3) is 11.6 Å². The van der Waals surface area contributed by atoms with Gasteiger partial charge in [0, 0.05) is 21.6 Å². The van der Waals surface area contributed by atoms with E-state index in [9.17, 15) is 20.2 Å². The molecule has 3 rings (SSSR count). The average molecular weight is 636 g/mol. The number of nitrogens with zero attached hydrogens (tertiary/aromatic N) is 2. The molecule has 3 aromatic rings. The number of carbonyl (C=O) groups is 1. The number of nitro groups is 1. The highest BCUT2D eigenvalue weighted by Crippen LogP contribution is 2.38. The van der Waals surface area contributed by atoms with Crippen LogP contribution in [0.4, 0.5) is 11.4 Å². The molecule has 0 saturated carbocycles. The van der Waals surface area contributed by atoms with Crippen LogP contribution in [0.15, 0.2) is 69.1 Å². The van der Waals surface area contributed by atoms with Crippen LogP contribution in [-0.4, -0.2) is 17.4 Å². The average Bonchev–Trinajstić information content (AvgIpc) is 2.84. The second kappa shape index (κ2) is 12.5. The Kier molecular flexibility index (Phi) is 9.47.